The Morgan fingerprint density at radius 2 is 2.00 bits per heavy atom. The van der Waals surface area contributed by atoms with Gasteiger partial charge in [-0.15, -0.1) is 0 Å². The topological polar surface area (TPSA) is 26.3 Å². The van der Waals surface area contributed by atoms with Crippen LogP contribution in [0.3, 0.4) is 0 Å². The lowest BCUT2D eigenvalue weighted by Crippen LogP contribution is -2.22. The van der Waals surface area contributed by atoms with E-state index in [1.54, 1.807) is 0 Å². The first-order valence-corrected chi connectivity index (χ1v) is 4.43. The third-order valence-corrected chi connectivity index (χ3v) is 2.15. The molecule has 11 heavy (non-hydrogen) atoms. The molecule has 0 amide bonds. The smallest absolute Gasteiger partial charge is 0.148 e. The molecule has 0 heterocycles. The van der Waals surface area contributed by atoms with Crippen molar-refractivity contribution in [2.75, 3.05) is 0 Å². The highest BCUT2D eigenvalue weighted by Gasteiger charge is 2.15. The SMILES string of the molecule is C[C@H](C=O)OC1CCCCC1. The minimum Gasteiger partial charge on any atom is -0.368 e. The average Bonchev–Trinajstić information content (AvgIpc) is 2.06. The van der Waals surface area contributed by atoms with Crippen LogP contribution in [0.2, 0.25) is 0 Å². The largest absolute Gasteiger partial charge is 0.368 e. The third-order valence-electron chi connectivity index (χ3n) is 2.15. The fourth-order valence-corrected chi connectivity index (χ4v) is 1.54. The fourth-order valence-electron chi connectivity index (χ4n) is 1.54. The minimum atomic E-state index is -0.210. The maximum Gasteiger partial charge on any atom is 0.148 e. The van der Waals surface area contributed by atoms with Crippen molar-refractivity contribution < 1.29 is 9.53 Å². The number of hydrogen-bond acceptors (Lipinski definition) is 2. The summed E-state index contributed by atoms with van der Waals surface area (Å²) in [5.41, 5.74) is 0. The van der Waals surface area contributed by atoms with E-state index >= 15 is 0 Å². The summed E-state index contributed by atoms with van der Waals surface area (Å²) in [6, 6.07) is 0. The second-order valence-electron chi connectivity index (χ2n) is 3.24. The van der Waals surface area contributed by atoms with Gasteiger partial charge in [-0.25, -0.2) is 0 Å². The van der Waals surface area contributed by atoms with Crippen LogP contribution in [0, 0.1) is 0 Å². The molecule has 0 aliphatic heterocycles. The van der Waals surface area contributed by atoms with Crippen molar-refractivity contribution in [3.8, 4) is 0 Å². The van der Waals surface area contributed by atoms with Gasteiger partial charge >= 0.3 is 0 Å². The van der Waals surface area contributed by atoms with Gasteiger partial charge in [0, 0.05) is 0 Å². The zero-order valence-electron chi connectivity index (χ0n) is 7.08. The summed E-state index contributed by atoms with van der Waals surface area (Å²) in [7, 11) is 0. The van der Waals surface area contributed by atoms with Crippen LogP contribution in [0.25, 0.3) is 0 Å². The zero-order chi connectivity index (χ0) is 8.10. The van der Waals surface area contributed by atoms with E-state index in [4.69, 9.17) is 4.74 Å². The average molecular weight is 156 g/mol. The quantitative estimate of drug-likeness (QED) is 0.583. The van der Waals surface area contributed by atoms with Crippen molar-refractivity contribution in [1.29, 1.82) is 0 Å². The van der Waals surface area contributed by atoms with Crippen molar-refractivity contribution in [3.63, 3.8) is 0 Å². The van der Waals surface area contributed by atoms with Gasteiger partial charge in [-0.2, -0.15) is 0 Å². The van der Waals surface area contributed by atoms with Crippen molar-refractivity contribution in [2.45, 2.75) is 51.2 Å². The van der Waals surface area contributed by atoms with Crippen LogP contribution in [-0.4, -0.2) is 18.5 Å². The molecule has 0 spiro atoms. The Kier molecular flexibility index (Phi) is 3.57. The van der Waals surface area contributed by atoms with E-state index in [9.17, 15) is 4.79 Å². The van der Waals surface area contributed by atoms with Gasteiger partial charge in [0.25, 0.3) is 0 Å². The normalized spacial score (nSPS) is 23.0. The Morgan fingerprint density at radius 3 is 2.55 bits per heavy atom. The Hall–Kier alpha value is -0.370. The molecule has 0 saturated heterocycles. The summed E-state index contributed by atoms with van der Waals surface area (Å²) in [5, 5.41) is 0. The van der Waals surface area contributed by atoms with E-state index in [-0.39, 0.29) is 6.10 Å². The molecule has 64 valence electrons. The molecule has 1 aliphatic carbocycles. The molecule has 0 aromatic carbocycles. The summed E-state index contributed by atoms with van der Waals surface area (Å²) >= 11 is 0. The van der Waals surface area contributed by atoms with Crippen LogP contribution in [0.5, 0.6) is 0 Å². The third kappa shape index (κ3) is 3.02. The zero-order valence-corrected chi connectivity index (χ0v) is 7.08. The second-order valence-corrected chi connectivity index (χ2v) is 3.24. The van der Waals surface area contributed by atoms with E-state index in [1.807, 2.05) is 6.92 Å². The number of rotatable bonds is 3. The molecule has 0 radical (unpaired) electrons. The van der Waals surface area contributed by atoms with Crippen LogP contribution in [0.1, 0.15) is 39.0 Å². The predicted octanol–water partition coefficient (Wildman–Crippen LogP) is 1.92. The van der Waals surface area contributed by atoms with Gasteiger partial charge in [0.1, 0.15) is 12.4 Å². The Bertz CT molecular complexity index is 117. The van der Waals surface area contributed by atoms with Gasteiger partial charge in [-0.3, -0.25) is 0 Å². The number of carbonyl (C=O) groups is 1. The molecule has 0 unspecified atom stereocenters. The van der Waals surface area contributed by atoms with Crippen molar-refractivity contribution in [3.05, 3.63) is 0 Å². The lowest BCUT2D eigenvalue weighted by molar-refractivity contribution is -0.121. The van der Waals surface area contributed by atoms with E-state index in [0.29, 0.717) is 6.10 Å². The molecular formula is C9H16O2. The first-order chi connectivity index (χ1) is 5.33. The standard InChI is InChI=1S/C9H16O2/c1-8(7-10)11-9-5-3-2-4-6-9/h7-9H,2-6H2,1H3/t8-/m1/s1. The van der Waals surface area contributed by atoms with Crippen LogP contribution < -0.4 is 0 Å². The Balaban J connectivity index is 2.18. The predicted molar refractivity (Wildman–Crippen MR) is 43.5 cm³/mol. The molecule has 2 heteroatoms. The van der Waals surface area contributed by atoms with Crippen LogP contribution in [0.4, 0.5) is 0 Å². The first-order valence-electron chi connectivity index (χ1n) is 4.43. The molecule has 2 nitrogen and oxygen atoms in total. The lowest BCUT2D eigenvalue weighted by atomic mass is 9.98. The summed E-state index contributed by atoms with van der Waals surface area (Å²) in [6.07, 6.45) is 7.13. The number of carbonyl (C=O) groups excluding carboxylic acids is 1. The molecule has 1 saturated carbocycles. The molecular weight excluding hydrogens is 140 g/mol. The van der Waals surface area contributed by atoms with E-state index in [1.165, 1.54) is 19.3 Å². The summed E-state index contributed by atoms with van der Waals surface area (Å²) in [4.78, 5) is 10.3. The van der Waals surface area contributed by atoms with Crippen molar-refractivity contribution in [2.24, 2.45) is 0 Å². The first kappa shape index (κ1) is 8.72. The van der Waals surface area contributed by atoms with Crippen LogP contribution in [-0.2, 0) is 9.53 Å². The van der Waals surface area contributed by atoms with Crippen molar-refractivity contribution >= 4 is 6.29 Å². The minimum absolute atomic E-state index is 0.210. The van der Waals surface area contributed by atoms with Gasteiger partial charge < -0.3 is 9.53 Å². The monoisotopic (exact) mass is 156 g/mol. The van der Waals surface area contributed by atoms with E-state index in [2.05, 4.69) is 0 Å². The van der Waals surface area contributed by atoms with Gasteiger partial charge in [0.15, 0.2) is 0 Å². The highest BCUT2D eigenvalue weighted by atomic mass is 16.5. The number of hydrogen-bond donors (Lipinski definition) is 0. The van der Waals surface area contributed by atoms with Gasteiger partial charge in [-0.05, 0) is 19.8 Å². The molecule has 1 aliphatic rings. The summed E-state index contributed by atoms with van der Waals surface area (Å²) in [5.74, 6) is 0. The summed E-state index contributed by atoms with van der Waals surface area (Å²) in [6.45, 7) is 1.81. The number of ether oxygens (including phenoxy) is 1. The lowest BCUT2D eigenvalue weighted by Gasteiger charge is -2.23. The molecule has 1 fully saturated rings. The second kappa shape index (κ2) is 4.50. The highest BCUT2D eigenvalue weighted by molar-refractivity contribution is 5.55. The van der Waals surface area contributed by atoms with E-state index in [0.717, 1.165) is 19.1 Å². The highest BCUT2D eigenvalue weighted by Crippen LogP contribution is 2.20. The fraction of sp³-hybridized carbons (Fsp3) is 0.889. The van der Waals surface area contributed by atoms with Crippen molar-refractivity contribution in [1.82, 2.24) is 0 Å². The molecule has 0 aromatic rings. The van der Waals surface area contributed by atoms with Gasteiger partial charge in [0.2, 0.25) is 0 Å². The van der Waals surface area contributed by atoms with Crippen LogP contribution >= 0.6 is 0 Å². The van der Waals surface area contributed by atoms with E-state index < -0.39 is 0 Å². The Morgan fingerprint density at radius 1 is 1.36 bits per heavy atom. The maximum atomic E-state index is 10.3. The summed E-state index contributed by atoms with van der Waals surface area (Å²) < 4.78 is 5.47. The maximum absolute atomic E-state index is 10.3. The molecule has 1 atom stereocenters. The molecule has 0 aromatic heterocycles. The molecule has 0 bridgehead atoms. The Labute approximate surface area is 67.9 Å². The molecule has 0 N–H and O–H groups in total. The van der Waals surface area contributed by atoms with Crippen LogP contribution in [0.15, 0.2) is 0 Å². The van der Waals surface area contributed by atoms with Gasteiger partial charge in [-0.1, -0.05) is 19.3 Å². The van der Waals surface area contributed by atoms with Gasteiger partial charge in [0.05, 0.1) is 6.10 Å². The number of aldehydes is 1. The molecule has 1 rings (SSSR count).